The van der Waals surface area contributed by atoms with Gasteiger partial charge in [0, 0.05) is 12.8 Å². The van der Waals surface area contributed by atoms with E-state index in [9.17, 15) is 33.9 Å². The number of hydrogen-bond donors (Lipinski definition) is 8. The van der Waals surface area contributed by atoms with E-state index in [0.29, 0.717) is 0 Å². The minimum absolute atomic E-state index is 0.0306. The molecule has 4 atom stereocenters. The second kappa shape index (κ2) is 13.9. The molecule has 0 spiro atoms. The first-order chi connectivity index (χ1) is 14.8. The molecule has 0 radical (unpaired) electrons. The molecule has 14 heteroatoms. The van der Waals surface area contributed by atoms with Crippen LogP contribution in [0.2, 0.25) is 0 Å². The number of amides is 5. The fourth-order valence-corrected chi connectivity index (χ4v) is 2.50. The van der Waals surface area contributed by atoms with E-state index in [1.54, 1.807) is 13.8 Å². The van der Waals surface area contributed by atoms with Crippen molar-refractivity contribution in [2.75, 3.05) is 6.61 Å². The average molecular weight is 460 g/mol. The lowest BCUT2D eigenvalue weighted by atomic mass is 10.0. The number of aliphatic carboxylic acids is 1. The van der Waals surface area contributed by atoms with Crippen molar-refractivity contribution < 1.29 is 39.0 Å². The first-order valence-electron chi connectivity index (χ1n) is 9.87. The van der Waals surface area contributed by atoms with E-state index in [1.807, 2.05) is 0 Å². The maximum Gasteiger partial charge on any atom is 0.326 e. The molecular weight excluding hydrogens is 428 g/mol. The molecule has 0 rings (SSSR count). The number of carboxylic acids is 1. The molecule has 0 saturated heterocycles. The van der Waals surface area contributed by atoms with Gasteiger partial charge in [0.15, 0.2) is 0 Å². The minimum Gasteiger partial charge on any atom is -0.480 e. The lowest BCUT2D eigenvalue weighted by Crippen LogP contribution is -2.59. The number of carbonyl (C=O) groups excluding carboxylic acids is 5. The van der Waals surface area contributed by atoms with E-state index in [0.717, 1.165) is 0 Å². The molecule has 0 aliphatic rings. The summed E-state index contributed by atoms with van der Waals surface area (Å²) in [6, 6.07) is -5.24. The number of primary amides is 2. The number of aliphatic hydroxyl groups is 1. The number of carbonyl (C=O) groups is 6. The summed E-state index contributed by atoms with van der Waals surface area (Å²) in [5.74, 6) is -5.84. The minimum atomic E-state index is -1.53. The standard InChI is InChI=1S/C18H32N6O8/c1-8(2)14(24-15(28)9(19)3-5-12(20)26)17(30)23-11(7-25)16(29)22-10(18(31)32)4-6-13(21)27/h8-11,14,25H,3-7,19H2,1-2H3,(H2,20,26)(H2,21,27)(H,22,29)(H,23,30)(H,24,28)(H,31,32). The molecule has 0 saturated carbocycles. The van der Waals surface area contributed by atoms with Gasteiger partial charge >= 0.3 is 5.97 Å². The maximum absolute atomic E-state index is 12.6. The predicted molar refractivity (Wildman–Crippen MR) is 110 cm³/mol. The third-order valence-corrected chi connectivity index (χ3v) is 4.39. The van der Waals surface area contributed by atoms with Crippen molar-refractivity contribution in [2.24, 2.45) is 23.1 Å². The smallest absolute Gasteiger partial charge is 0.326 e. The van der Waals surface area contributed by atoms with Gasteiger partial charge in [-0.05, 0) is 18.8 Å². The summed E-state index contributed by atoms with van der Waals surface area (Å²) in [5.41, 5.74) is 15.7. The Morgan fingerprint density at radius 3 is 1.72 bits per heavy atom. The highest BCUT2D eigenvalue weighted by molar-refractivity contribution is 5.94. The lowest BCUT2D eigenvalue weighted by Gasteiger charge is -2.26. The number of rotatable bonds is 15. The van der Waals surface area contributed by atoms with Gasteiger partial charge in [-0.25, -0.2) is 4.79 Å². The van der Waals surface area contributed by atoms with Crippen LogP contribution in [0, 0.1) is 5.92 Å². The second-order valence-electron chi connectivity index (χ2n) is 7.49. The Bertz CT molecular complexity index is 714. The van der Waals surface area contributed by atoms with Crippen LogP contribution in [0.1, 0.15) is 39.5 Å². The average Bonchev–Trinajstić information content (AvgIpc) is 2.69. The molecule has 4 unspecified atom stereocenters. The first kappa shape index (κ1) is 28.7. The van der Waals surface area contributed by atoms with E-state index in [4.69, 9.17) is 22.3 Å². The molecule has 0 aliphatic heterocycles. The molecule has 14 nitrogen and oxygen atoms in total. The summed E-state index contributed by atoms with van der Waals surface area (Å²) < 4.78 is 0. The predicted octanol–water partition coefficient (Wildman–Crippen LogP) is -3.97. The Balaban J connectivity index is 5.14. The summed E-state index contributed by atoms with van der Waals surface area (Å²) in [6.07, 6.45) is -0.737. The van der Waals surface area contributed by atoms with Crippen LogP contribution in [0.4, 0.5) is 0 Å². The molecule has 0 aliphatic carbocycles. The Hall–Kier alpha value is -3.26. The van der Waals surface area contributed by atoms with Crippen LogP contribution in [-0.2, 0) is 28.8 Å². The topological polar surface area (TPSA) is 257 Å². The molecule has 0 bridgehead atoms. The zero-order chi connectivity index (χ0) is 25.0. The van der Waals surface area contributed by atoms with Crippen LogP contribution in [-0.4, -0.2) is 76.5 Å². The Kier molecular flexibility index (Phi) is 12.5. The quantitative estimate of drug-likeness (QED) is 0.118. The second-order valence-corrected chi connectivity index (χ2v) is 7.49. The van der Waals surface area contributed by atoms with Crippen molar-refractivity contribution in [2.45, 2.75) is 63.7 Å². The van der Waals surface area contributed by atoms with Gasteiger partial charge in [0.05, 0.1) is 12.6 Å². The molecule has 0 heterocycles. The third-order valence-electron chi connectivity index (χ3n) is 4.39. The highest BCUT2D eigenvalue weighted by atomic mass is 16.4. The molecule has 5 amide bonds. The summed E-state index contributed by atoms with van der Waals surface area (Å²) in [4.78, 5) is 70.1. The van der Waals surface area contributed by atoms with Crippen molar-refractivity contribution in [3.8, 4) is 0 Å². The Labute approximate surface area is 184 Å². The van der Waals surface area contributed by atoms with E-state index < -0.39 is 72.2 Å². The molecule has 182 valence electrons. The zero-order valence-electron chi connectivity index (χ0n) is 18.0. The van der Waals surface area contributed by atoms with Gasteiger partial charge in [-0.1, -0.05) is 13.8 Å². The molecule has 0 aromatic carbocycles. The van der Waals surface area contributed by atoms with Gasteiger partial charge in [-0.15, -0.1) is 0 Å². The van der Waals surface area contributed by atoms with Crippen molar-refractivity contribution in [3.05, 3.63) is 0 Å². The maximum atomic E-state index is 12.6. The van der Waals surface area contributed by atoms with Crippen LogP contribution in [0.25, 0.3) is 0 Å². The van der Waals surface area contributed by atoms with E-state index in [1.165, 1.54) is 0 Å². The monoisotopic (exact) mass is 460 g/mol. The number of nitrogens with two attached hydrogens (primary N) is 3. The van der Waals surface area contributed by atoms with Gasteiger partial charge in [-0.2, -0.15) is 0 Å². The number of aliphatic hydroxyl groups excluding tert-OH is 1. The summed E-state index contributed by atoms with van der Waals surface area (Å²) in [7, 11) is 0. The summed E-state index contributed by atoms with van der Waals surface area (Å²) in [5, 5.41) is 25.4. The third kappa shape index (κ3) is 10.7. The van der Waals surface area contributed by atoms with Crippen molar-refractivity contribution in [1.29, 1.82) is 0 Å². The summed E-state index contributed by atoms with van der Waals surface area (Å²) in [6.45, 7) is 2.35. The van der Waals surface area contributed by atoms with Gasteiger partial charge < -0.3 is 43.4 Å². The molecule has 0 aromatic heterocycles. The SMILES string of the molecule is CC(C)C(NC(=O)C(N)CCC(N)=O)C(=O)NC(CO)C(=O)NC(CCC(N)=O)C(=O)O. The van der Waals surface area contributed by atoms with Crippen LogP contribution in [0.5, 0.6) is 0 Å². The largest absolute Gasteiger partial charge is 0.480 e. The fourth-order valence-electron chi connectivity index (χ4n) is 2.50. The highest BCUT2D eigenvalue weighted by Crippen LogP contribution is 2.05. The van der Waals surface area contributed by atoms with E-state index in [2.05, 4.69) is 16.0 Å². The van der Waals surface area contributed by atoms with Crippen LogP contribution in [0.15, 0.2) is 0 Å². The number of hydrogen-bond acceptors (Lipinski definition) is 8. The lowest BCUT2D eigenvalue weighted by molar-refractivity contribution is -0.143. The normalized spacial score (nSPS) is 14.5. The van der Waals surface area contributed by atoms with Gasteiger partial charge in [0.25, 0.3) is 0 Å². The Morgan fingerprint density at radius 2 is 1.28 bits per heavy atom. The Morgan fingerprint density at radius 1 is 0.781 bits per heavy atom. The van der Waals surface area contributed by atoms with E-state index >= 15 is 0 Å². The van der Waals surface area contributed by atoms with Gasteiger partial charge in [0.2, 0.25) is 29.5 Å². The van der Waals surface area contributed by atoms with Crippen molar-refractivity contribution in [1.82, 2.24) is 16.0 Å². The van der Waals surface area contributed by atoms with Crippen molar-refractivity contribution >= 4 is 35.5 Å². The van der Waals surface area contributed by atoms with Crippen LogP contribution >= 0.6 is 0 Å². The molecule has 32 heavy (non-hydrogen) atoms. The first-order valence-corrected chi connectivity index (χ1v) is 9.87. The summed E-state index contributed by atoms with van der Waals surface area (Å²) >= 11 is 0. The molecule has 0 aromatic rings. The van der Waals surface area contributed by atoms with E-state index in [-0.39, 0.29) is 25.7 Å². The van der Waals surface area contributed by atoms with Gasteiger partial charge in [-0.3, -0.25) is 24.0 Å². The number of carboxylic acid groups (broad SMARTS) is 1. The number of nitrogens with one attached hydrogen (secondary N) is 3. The van der Waals surface area contributed by atoms with Gasteiger partial charge in [0.1, 0.15) is 18.1 Å². The van der Waals surface area contributed by atoms with Crippen LogP contribution in [0.3, 0.4) is 0 Å². The molecule has 0 fully saturated rings. The molecule has 11 N–H and O–H groups in total. The highest BCUT2D eigenvalue weighted by Gasteiger charge is 2.31. The molecular formula is C18H32N6O8. The fraction of sp³-hybridized carbons (Fsp3) is 0.667. The van der Waals surface area contributed by atoms with Crippen LogP contribution < -0.4 is 33.2 Å². The zero-order valence-corrected chi connectivity index (χ0v) is 18.0. The van der Waals surface area contributed by atoms with Crippen molar-refractivity contribution in [3.63, 3.8) is 0 Å².